The molecule has 2 nitrogen and oxygen atoms in total. The molecule has 3 heteroatoms. The molecular formula is C16H32N2S. The van der Waals surface area contributed by atoms with Gasteiger partial charge in [-0.05, 0) is 37.0 Å². The minimum atomic E-state index is 0.253. The summed E-state index contributed by atoms with van der Waals surface area (Å²) < 4.78 is 0. The molecule has 112 valence electrons. The third-order valence-corrected chi connectivity index (χ3v) is 6.74. The zero-order chi connectivity index (χ0) is 13.9. The highest BCUT2D eigenvalue weighted by Crippen LogP contribution is 2.43. The van der Waals surface area contributed by atoms with Gasteiger partial charge in [-0.25, -0.2) is 0 Å². The van der Waals surface area contributed by atoms with Crippen LogP contribution in [0.5, 0.6) is 0 Å². The Balaban J connectivity index is 2.16. The molecule has 0 aromatic carbocycles. The second-order valence-corrected chi connectivity index (χ2v) is 8.33. The second-order valence-electron chi connectivity index (χ2n) is 7.34. The van der Waals surface area contributed by atoms with Gasteiger partial charge in [0.25, 0.3) is 0 Å². The molecule has 0 spiro atoms. The zero-order valence-corrected chi connectivity index (χ0v) is 13.9. The van der Waals surface area contributed by atoms with Crippen molar-refractivity contribution in [2.45, 2.75) is 70.9 Å². The van der Waals surface area contributed by atoms with Gasteiger partial charge in [-0.15, -0.1) is 0 Å². The Morgan fingerprint density at radius 3 is 2.37 bits per heavy atom. The molecule has 0 radical (unpaired) electrons. The number of thioether (sulfide) groups is 1. The van der Waals surface area contributed by atoms with Crippen LogP contribution in [0.15, 0.2) is 0 Å². The summed E-state index contributed by atoms with van der Waals surface area (Å²) in [4.78, 5) is 2.79. The van der Waals surface area contributed by atoms with E-state index in [-0.39, 0.29) is 5.54 Å². The standard InChI is InChI=1S/C16H32N2S/c1-4-18(14-8-6-5-7-9-14)16(11-17)10-15(2,3)12-19-13-16/h14H,4-13,17H2,1-3H3. The number of nitrogens with two attached hydrogens (primary N) is 1. The summed E-state index contributed by atoms with van der Waals surface area (Å²) in [5, 5.41) is 0. The number of likely N-dealkylation sites (N-methyl/N-ethyl adjacent to an activating group) is 1. The van der Waals surface area contributed by atoms with E-state index in [1.807, 2.05) is 0 Å². The van der Waals surface area contributed by atoms with Crippen LogP contribution in [0.3, 0.4) is 0 Å². The Bertz CT molecular complexity index is 286. The Morgan fingerprint density at radius 2 is 1.84 bits per heavy atom. The van der Waals surface area contributed by atoms with Crippen LogP contribution in [0.4, 0.5) is 0 Å². The molecule has 19 heavy (non-hydrogen) atoms. The normalized spacial score (nSPS) is 32.7. The summed E-state index contributed by atoms with van der Waals surface area (Å²) in [7, 11) is 0. The van der Waals surface area contributed by atoms with Crippen molar-refractivity contribution in [1.29, 1.82) is 0 Å². The lowest BCUT2D eigenvalue weighted by molar-refractivity contribution is 0.0202. The minimum Gasteiger partial charge on any atom is -0.329 e. The van der Waals surface area contributed by atoms with Crippen LogP contribution >= 0.6 is 11.8 Å². The van der Waals surface area contributed by atoms with Gasteiger partial charge in [0, 0.05) is 23.9 Å². The van der Waals surface area contributed by atoms with E-state index in [0.29, 0.717) is 5.41 Å². The lowest BCUT2D eigenvalue weighted by Crippen LogP contribution is -2.63. The molecule has 1 atom stereocenters. The van der Waals surface area contributed by atoms with Crippen LogP contribution in [0.2, 0.25) is 0 Å². The van der Waals surface area contributed by atoms with Gasteiger partial charge in [-0.3, -0.25) is 4.90 Å². The summed E-state index contributed by atoms with van der Waals surface area (Å²) in [6, 6.07) is 0.789. The largest absolute Gasteiger partial charge is 0.329 e. The zero-order valence-electron chi connectivity index (χ0n) is 13.1. The molecule has 0 amide bonds. The molecule has 0 aromatic rings. The van der Waals surface area contributed by atoms with Crippen molar-refractivity contribution in [2.75, 3.05) is 24.6 Å². The molecule has 1 unspecified atom stereocenters. The first-order chi connectivity index (χ1) is 9.03. The smallest absolute Gasteiger partial charge is 0.0430 e. The second kappa shape index (κ2) is 6.36. The quantitative estimate of drug-likeness (QED) is 0.857. The number of rotatable bonds is 4. The molecule has 1 aliphatic heterocycles. The van der Waals surface area contributed by atoms with Gasteiger partial charge in [0.2, 0.25) is 0 Å². The van der Waals surface area contributed by atoms with E-state index in [1.165, 1.54) is 56.6 Å². The fourth-order valence-corrected chi connectivity index (χ4v) is 5.84. The van der Waals surface area contributed by atoms with E-state index in [0.717, 1.165) is 12.6 Å². The summed E-state index contributed by atoms with van der Waals surface area (Å²) >= 11 is 2.12. The van der Waals surface area contributed by atoms with E-state index >= 15 is 0 Å². The van der Waals surface area contributed by atoms with Crippen LogP contribution in [-0.2, 0) is 0 Å². The average molecular weight is 285 g/mol. The molecule has 1 saturated carbocycles. The van der Waals surface area contributed by atoms with E-state index in [2.05, 4.69) is 37.4 Å². The topological polar surface area (TPSA) is 29.3 Å². The summed E-state index contributed by atoms with van der Waals surface area (Å²) in [6.45, 7) is 9.15. The van der Waals surface area contributed by atoms with Crippen molar-refractivity contribution >= 4 is 11.8 Å². The molecule has 0 aromatic heterocycles. The third-order valence-electron chi connectivity index (χ3n) is 5.02. The third kappa shape index (κ3) is 3.48. The highest BCUT2D eigenvalue weighted by atomic mass is 32.2. The van der Waals surface area contributed by atoms with Gasteiger partial charge in [-0.1, -0.05) is 40.0 Å². The number of hydrogen-bond acceptors (Lipinski definition) is 3. The van der Waals surface area contributed by atoms with E-state index in [9.17, 15) is 0 Å². The van der Waals surface area contributed by atoms with Crippen molar-refractivity contribution in [3.8, 4) is 0 Å². The van der Waals surface area contributed by atoms with Crippen LogP contribution < -0.4 is 5.73 Å². The molecule has 2 N–H and O–H groups in total. The fraction of sp³-hybridized carbons (Fsp3) is 1.00. The van der Waals surface area contributed by atoms with Crippen molar-refractivity contribution in [2.24, 2.45) is 11.1 Å². The number of hydrogen-bond donors (Lipinski definition) is 1. The lowest BCUT2D eigenvalue weighted by Gasteiger charge is -2.53. The molecule has 0 bridgehead atoms. The Hall–Kier alpha value is 0.270. The highest BCUT2D eigenvalue weighted by Gasteiger charge is 2.45. The summed E-state index contributed by atoms with van der Waals surface area (Å²) in [6.07, 6.45) is 8.32. The van der Waals surface area contributed by atoms with Gasteiger partial charge in [0.15, 0.2) is 0 Å². The van der Waals surface area contributed by atoms with Crippen LogP contribution in [0, 0.1) is 5.41 Å². The Morgan fingerprint density at radius 1 is 1.16 bits per heavy atom. The van der Waals surface area contributed by atoms with E-state index < -0.39 is 0 Å². The van der Waals surface area contributed by atoms with Crippen molar-refractivity contribution in [1.82, 2.24) is 4.90 Å². The van der Waals surface area contributed by atoms with Gasteiger partial charge >= 0.3 is 0 Å². The van der Waals surface area contributed by atoms with Crippen molar-refractivity contribution in [3.63, 3.8) is 0 Å². The van der Waals surface area contributed by atoms with Gasteiger partial charge in [-0.2, -0.15) is 11.8 Å². The summed E-state index contributed by atoms with van der Waals surface area (Å²) in [5.41, 5.74) is 6.98. The van der Waals surface area contributed by atoms with Crippen molar-refractivity contribution in [3.05, 3.63) is 0 Å². The van der Waals surface area contributed by atoms with Gasteiger partial charge in [0.05, 0.1) is 0 Å². The fourth-order valence-electron chi connectivity index (χ4n) is 4.32. The maximum atomic E-state index is 6.29. The maximum absolute atomic E-state index is 6.29. The highest BCUT2D eigenvalue weighted by molar-refractivity contribution is 7.99. The molecular weight excluding hydrogens is 252 g/mol. The molecule has 2 fully saturated rings. The molecule has 1 heterocycles. The summed E-state index contributed by atoms with van der Waals surface area (Å²) in [5.74, 6) is 2.52. The predicted octanol–water partition coefficient (Wildman–Crippen LogP) is 3.50. The van der Waals surface area contributed by atoms with Crippen molar-refractivity contribution < 1.29 is 0 Å². The van der Waals surface area contributed by atoms with Crippen LogP contribution in [0.25, 0.3) is 0 Å². The van der Waals surface area contributed by atoms with E-state index in [1.54, 1.807) is 0 Å². The lowest BCUT2D eigenvalue weighted by atomic mass is 9.77. The van der Waals surface area contributed by atoms with E-state index in [4.69, 9.17) is 5.73 Å². The predicted molar refractivity (Wildman–Crippen MR) is 86.8 cm³/mol. The van der Waals surface area contributed by atoms with Crippen LogP contribution in [-0.4, -0.2) is 41.1 Å². The minimum absolute atomic E-state index is 0.253. The Labute approximate surface area is 123 Å². The first-order valence-electron chi connectivity index (χ1n) is 8.08. The molecule has 1 aliphatic carbocycles. The maximum Gasteiger partial charge on any atom is 0.0430 e. The van der Waals surface area contributed by atoms with Gasteiger partial charge in [0.1, 0.15) is 0 Å². The monoisotopic (exact) mass is 284 g/mol. The molecule has 2 rings (SSSR count). The first kappa shape index (κ1) is 15.7. The Kier molecular flexibility index (Phi) is 5.24. The van der Waals surface area contributed by atoms with Crippen LogP contribution in [0.1, 0.15) is 59.3 Å². The number of nitrogens with zero attached hydrogens (tertiary/aromatic N) is 1. The first-order valence-corrected chi connectivity index (χ1v) is 9.23. The van der Waals surface area contributed by atoms with Gasteiger partial charge < -0.3 is 5.73 Å². The molecule has 1 saturated heterocycles. The SMILES string of the molecule is CCN(C1CCCCC1)C1(CN)CSCC(C)(C)C1. The average Bonchev–Trinajstić information content (AvgIpc) is 2.39. The molecule has 2 aliphatic rings.